The van der Waals surface area contributed by atoms with Gasteiger partial charge in [-0.3, -0.25) is 0 Å². The van der Waals surface area contributed by atoms with Crippen molar-refractivity contribution in [3.05, 3.63) is 15.6 Å². The zero-order chi connectivity index (χ0) is 11.8. The van der Waals surface area contributed by atoms with Gasteiger partial charge in [-0.05, 0) is 18.3 Å². The van der Waals surface area contributed by atoms with E-state index in [1.54, 1.807) is 0 Å². The smallest absolute Gasteiger partial charge is 0.355 e. The van der Waals surface area contributed by atoms with Crippen LogP contribution in [0.2, 0.25) is 0 Å². The number of aryl methyl sites for hydroxylation is 1. The monoisotopic (exact) mass is 227 g/mol. The van der Waals surface area contributed by atoms with Crippen molar-refractivity contribution in [2.45, 2.75) is 40.5 Å². The summed E-state index contributed by atoms with van der Waals surface area (Å²) < 4.78 is 0. The van der Waals surface area contributed by atoms with E-state index in [1.807, 2.05) is 6.92 Å². The van der Waals surface area contributed by atoms with Crippen LogP contribution in [-0.2, 0) is 0 Å². The fourth-order valence-electron chi connectivity index (χ4n) is 1.28. The normalized spacial score (nSPS) is 13.9. The first-order chi connectivity index (χ1) is 6.73. The van der Waals surface area contributed by atoms with Gasteiger partial charge < -0.3 is 5.11 Å². The maximum atomic E-state index is 11.0. The molecule has 3 nitrogen and oxygen atoms in total. The fourth-order valence-corrected chi connectivity index (χ4v) is 2.50. The van der Waals surface area contributed by atoms with Crippen LogP contribution in [0.3, 0.4) is 0 Å². The lowest BCUT2D eigenvalue weighted by atomic mass is 9.81. The minimum absolute atomic E-state index is 0.0587. The molecule has 0 aliphatic heterocycles. The van der Waals surface area contributed by atoms with Crippen molar-refractivity contribution in [2.24, 2.45) is 5.41 Å². The van der Waals surface area contributed by atoms with Gasteiger partial charge in [0.1, 0.15) is 0 Å². The highest BCUT2D eigenvalue weighted by atomic mass is 32.1. The second-order valence-corrected chi connectivity index (χ2v) is 6.07. The van der Waals surface area contributed by atoms with E-state index in [4.69, 9.17) is 5.11 Å². The van der Waals surface area contributed by atoms with Crippen molar-refractivity contribution in [3.63, 3.8) is 0 Å². The highest BCUT2D eigenvalue weighted by molar-refractivity contribution is 7.12. The third-order valence-corrected chi connectivity index (χ3v) is 3.81. The summed E-state index contributed by atoms with van der Waals surface area (Å²) in [4.78, 5) is 16.0. The van der Waals surface area contributed by atoms with Crippen LogP contribution in [0.4, 0.5) is 0 Å². The fraction of sp³-hybridized carbons (Fsp3) is 0.636. The Bertz CT molecular complexity index is 376. The SMILES string of the molecule is Cc1nc(C(=O)O)c(C(C)C(C)(C)C)s1. The maximum absolute atomic E-state index is 11.0. The standard InChI is InChI=1S/C11H17NO2S/c1-6(11(3,4)5)9-8(10(13)14)12-7(2)15-9/h6H,1-5H3,(H,13,14). The Kier molecular flexibility index (Phi) is 3.19. The lowest BCUT2D eigenvalue weighted by molar-refractivity contribution is 0.0688. The zero-order valence-corrected chi connectivity index (χ0v) is 10.6. The number of aromatic carboxylic acids is 1. The van der Waals surface area contributed by atoms with Gasteiger partial charge in [-0.1, -0.05) is 27.7 Å². The first kappa shape index (κ1) is 12.2. The van der Waals surface area contributed by atoms with Crippen LogP contribution in [0.1, 0.15) is 54.0 Å². The highest BCUT2D eigenvalue weighted by Crippen LogP contribution is 2.38. The summed E-state index contributed by atoms with van der Waals surface area (Å²) in [7, 11) is 0. The van der Waals surface area contributed by atoms with Crippen molar-refractivity contribution in [1.82, 2.24) is 4.98 Å². The number of hydrogen-bond donors (Lipinski definition) is 1. The van der Waals surface area contributed by atoms with Crippen LogP contribution in [0.5, 0.6) is 0 Å². The minimum Gasteiger partial charge on any atom is -0.476 e. The molecule has 1 heterocycles. The molecule has 0 amide bonds. The number of carbonyl (C=O) groups is 1. The van der Waals surface area contributed by atoms with E-state index in [0.29, 0.717) is 0 Å². The van der Waals surface area contributed by atoms with E-state index >= 15 is 0 Å². The summed E-state index contributed by atoms with van der Waals surface area (Å²) >= 11 is 1.49. The van der Waals surface area contributed by atoms with E-state index in [2.05, 4.69) is 32.7 Å². The third-order valence-electron chi connectivity index (χ3n) is 2.66. The van der Waals surface area contributed by atoms with Crippen LogP contribution in [-0.4, -0.2) is 16.1 Å². The van der Waals surface area contributed by atoms with Gasteiger partial charge in [0.05, 0.1) is 5.01 Å². The summed E-state index contributed by atoms with van der Waals surface area (Å²) in [5.41, 5.74) is 0.281. The molecule has 0 saturated heterocycles. The Labute approximate surface area is 94.2 Å². The first-order valence-corrected chi connectivity index (χ1v) is 5.75. The molecule has 1 N–H and O–H groups in total. The number of rotatable bonds is 2. The Morgan fingerprint density at radius 2 is 2.00 bits per heavy atom. The molecule has 0 bridgehead atoms. The molecule has 0 aliphatic rings. The molecule has 84 valence electrons. The number of nitrogens with zero attached hydrogens (tertiary/aromatic N) is 1. The second kappa shape index (κ2) is 3.93. The molecule has 4 heteroatoms. The van der Waals surface area contributed by atoms with Gasteiger partial charge in [-0.2, -0.15) is 0 Å². The predicted molar refractivity (Wildman–Crippen MR) is 61.7 cm³/mol. The van der Waals surface area contributed by atoms with Gasteiger partial charge in [0.2, 0.25) is 0 Å². The molecule has 0 aliphatic carbocycles. The molecule has 1 unspecified atom stereocenters. The molecule has 1 atom stereocenters. The number of hydrogen-bond acceptors (Lipinski definition) is 3. The number of carboxylic acids is 1. The van der Waals surface area contributed by atoms with Gasteiger partial charge >= 0.3 is 5.97 Å². The summed E-state index contributed by atoms with van der Waals surface area (Å²) in [5, 5.41) is 9.86. The summed E-state index contributed by atoms with van der Waals surface area (Å²) in [6, 6.07) is 0. The molecule has 0 spiro atoms. The van der Waals surface area contributed by atoms with E-state index in [9.17, 15) is 4.79 Å². The highest BCUT2D eigenvalue weighted by Gasteiger charge is 2.28. The summed E-state index contributed by atoms with van der Waals surface area (Å²) in [6.45, 7) is 10.2. The minimum atomic E-state index is -0.926. The van der Waals surface area contributed by atoms with E-state index in [0.717, 1.165) is 9.88 Å². The Morgan fingerprint density at radius 1 is 1.47 bits per heavy atom. The van der Waals surface area contributed by atoms with Crippen molar-refractivity contribution in [1.29, 1.82) is 0 Å². The van der Waals surface area contributed by atoms with Crippen LogP contribution in [0.15, 0.2) is 0 Å². The molecule has 0 saturated carbocycles. The summed E-state index contributed by atoms with van der Waals surface area (Å²) in [5.74, 6) is -0.722. The van der Waals surface area contributed by atoms with Crippen LogP contribution >= 0.6 is 11.3 Å². The number of thiazole rings is 1. The molecule has 0 fully saturated rings. The van der Waals surface area contributed by atoms with Crippen molar-refractivity contribution < 1.29 is 9.90 Å². The molecule has 1 aromatic heterocycles. The van der Waals surface area contributed by atoms with E-state index in [1.165, 1.54) is 11.3 Å². The van der Waals surface area contributed by atoms with Gasteiger partial charge in [0.25, 0.3) is 0 Å². The van der Waals surface area contributed by atoms with Crippen LogP contribution in [0.25, 0.3) is 0 Å². The average Bonchev–Trinajstić information content (AvgIpc) is 2.44. The van der Waals surface area contributed by atoms with E-state index in [-0.39, 0.29) is 17.0 Å². The third kappa shape index (κ3) is 2.56. The first-order valence-electron chi connectivity index (χ1n) is 4.94. The molecule has 15 heavy (non-hydrogen) atoms. The molecule has 0 aromatic carbocycles. The average molecular weight is 227 g/mol. The van der Waals surface area contributed by atoms with Crippen LogP contribution < -0.4 is 0 Å². The van der Waals surface area contributed by atoms with Gasteiger partial charge in [0, 0.05) is 4.88 Å². The Morgan fingerprint density at radius 3 is 2.40 bits per heavy atom. The van der Waals surface area contributed by atoms with Gasteiger partial charge in [-0.15, -0.1) is 11.3 Å². The largest absolute Gasteiger partial charge is 0.476 e. The molecular formula is C11H17NO2S. The van der Waals surface area contributed by atoms with E-state index < -0.39 is 5.97 Å². The number of aromatic nitrogens is 1. The topological polar surface area (TPSA) is 50.2 Å². The maximum Gasteiger partial charge on any atom is 0.355 e. The van der Waals surface area contributed by atoms with Crippen molar-refractivity contribution >= 4 is 17.3 Å². The molecular weight excluding hydrogens is 210 g/mol. The van der Waals surface area contributed by atoms with Gasteiger partial charge in [-0.25, -0.2) is 9.78 Å². The van der Waals surface area contributed by atoms with Gasteiger partial charge in [0.15, 0.2) is 5.69 Å². The zero-order valence-electron chi connectivity index (χ0n) is 9.79. The molecule has 1 aromatic rings. The van der Waals surface area contributed by atoms with Crippen LogP contribution in [0, 0.1) is 12.3 Å². The summed E-state index contributed by atoms with van der Waals surface area (Å²) in [6.07, 6.45) is 0. The number of carboxylic acid groups (broad SMARTS) is 1. The quantitative estimate of drug-likeness (QED) is 0.843. The molecule has 0 radical (unpaired) electrons. The molecule has 1 rings (SSSR count). The Balaban J connectivity index is 3.19. The Hall–Kier alpha value is -0.900. The predicted octanol–water partition coefficient (Wildman–Crippen LogP) is 3.30. The van der Waals surface area contributed by atoms with Crippen molar-refractivity contribution in [2.75, 3.05) is 0 Å². The lowest BCUT2D eigenvalue weighted by Crippen LogP contribution is -2.16. The lowest BCUT2D eigenvalue weighted by Gasteiger charge is -2.26. The second-order valence-electron chi connectivity index (χ2n) is 4.84. The van der Waals surface area contributed by atoms with Crippen molar-refractivity contribution in [3.8, 4) is 0 Å².